The van der Waals surface area contributed by atoms with Crippen LogP contribution in [0.2, 0.25) is 0 Å². The second-order valence-electron chi connectivity index (χ2n) is 10.2. The molecular weight excluding hydrogens is 506 g/mol. The van der Waals surface area contributed by atoms with Crippen molar-refractivity contribution in [1.82, 2.24) is 5.32 Å². The van der Waals surface area contributed by atoms with Crippen molar-refractivity contribution in [2.45, 2.75) is 17.9 Å². The van der Waals surface area contributed by atoms with Gasteiger partial charge in [0, 0.05) is 6.42 Å². The van der Waals surface area contributed by atoms with Crippen molar-refractivity contribution in [3.63, 3.8) is 0 Å². The zero-order valence-corrected chi connectivity index (χ0v) is 22.4. The molecule has 6 aromatic carbocycles. The summed E-state index contributed by atoms with van der Waals surface area (Å²) in [5, 5.41) is 17.5. The predicted molar refractivity (Wildman–Crippen MR) is 164 cm³/mol. The van der Waals surface area contributed by atoms with E-state index in [1.807, 2.05) is 140 Å². The Hall–Kier alpha value is -5.22. The van der Waals surface area contributed by atoms with E-state index in [2.05, 4.69) is 11.4 Å². The van der Waals surface area contributed by atoms with Crippen LogP contribution in [-0.2, 0) is 21.4 Å². The Morgan fingerprint density at radius 3 is 1.39 bits per heavy atom. The van der Waals surface area contributed by atoms with E-state index in [1.54, 1.807) is 0 Å². The number of carboxylic acid groups (broad SMARTS) is 1. The van der Waals surface area contributed by atoms with Crippen molar-refractivity contribution in [2.75, 3.05) is 0 Å². The smallest absolute Gasteiger partial charge is 0.326 e. The molecule has 0 saturated carbocycles. The normalized spacial score (nSPS) is 12.2. The van der Waals surface area contributed by atoms with Gasteiger partial charge in [-0.2, -0.15) is 0 Å². The van der Waals surface area contributed by atoms with Gasteiger partial charge in [-0.3, -0.25) is 4.79 Å². The minimum absolute atomic E-state index is 0.136. The molecule has 1 amide bonds. The van der Waals surface area contributed by atoms with Crippen molar-refractivity contribution in [3.8, 4) is 0 Å². The molecule has 4 heteroatoms. The van der Waals surface area contributed by atoms with Crippen molar-refractivity contribution in [1.29, 1.82) is 0 Å². The fourth-order valence-corrected chi connectivity index (χ4v) is 5.96. The number of carbonyl (C=O) groups is 2. The maximum absolute atomic E-state index is 14.7. The average molecular weight is 536 g/mol. The summed E-state index contributed by atoms with van der Waals surface area (Å²) in [5.41, 5.74) is 1.91. The van der Waals surface area contributed by atoms with E-state index in [4.69, 9.17) is 0 Å². The zero-order chi connectivity index (χ0) is 28.2. The highest BCUT2D eigenvalue weighted by atomic mass is 16.4. The lowest BCUT2D eigenvalue weighted by molar-refractivity contribution is -0.142. The van der Waals surface area contributed by atoms with Gasteiger partial charge in [-0.15, -0.1) is 0 Å². The zero-order valence-electron chi connectivity index (χ0n) is 22.4. The first kappa shape index (κ1) is 26.0. The number of nitrogens with one attached hydrogen (secondary N) is 1. The second kappa shape index (κ2) is 11.1. The molecule has 0 fully saturated rings. The lowest BCUT2D eigenvalue weighted by atomic mass is 9.68. The van der Waals surface area contributed by atoms with E-state index in [9.17, 15) is 14.7 Å². The van der Waals surface area contributed by atoms with Gasteiger partial charge < -0.3 is 10.4 Å². The summed E-state index contributed by atoms with van der Waals surface area (Å²) in [7, 11) is 0. The van der Waals surface area contributed by atoms with Crippen LogP contribution in [-0.4, -0.2) is 23.0 Å². The Morgan fingerprint density at radius 2 is 0.976 bits per heavy atom. The molecule has 0 unspecified atom stereocenters. The van der Waals surface area contributed by atoms with Gasteiger partial charge >= 0.3 is 5.97 Å². The van der Waals surface area contributed by atoms with Crippen molar-refractivity contribution in [3.05, 3.63) is 168 Å². The molecule has 0 aromatic heterocycles. The van der Waals surface area contributed by atoms with Gasteiger partial charge in [0.05, 0.1) is 0 Å². The molecule has 200 valence electrons. The standard InChI is InChI=1S/C37H29NO3/c39-35(40)34(25-33-31-22-12-10-14-26(31)24-27-15-11-13-23-32(27)33)38-36(41)37(28-16-4-1-5-17-28,29-18-6-2-7-19-29)30-20-8-3-9-21-30/h1-24,34H,25H2,(H,38,41)(H,39,40)/t34-/m0/s1. The quantitative estimate of drug-likeness (QED) is 0.161. The van der Waals surface area contributed by atoms with Gasteiger partial charge in [0.25, 0.3) is 0 Å². The van der Waals surface area contributed by atoms with E-state index < -0.39 is 23.3 Å². The minimum atomic E-state index is -1.27. The number of aliphatic carboxylic acids is 1. The van der Waals surface area contributed by atoms with Gasteiger partial charge in [-0.25, -0.2) is 4.79 Å². The summed E-state index contributed by atoms with van der Waals surface area (Å²) in [5.74, 6) is -1.48. The Balaban J connectivity index is 1.50. The number of hydrogen-bond acceptors (Lipinski definition) is 2. The molecule has 0 saturated heterocycles. The summed E-state index contributed by atoms with van der Waals surface area (Å²) in [6.07, 6.45) is 0.136. The molecule has 6 rings (SSSR count). The molecule has 6 aromatic rings. The van der Waals surface area contributed by atoms with Crippen LogP contribution in [0.3, 0.4) is 0 Å². The molecule has 1 atom stereocenters. The van der Waals surface area contributed by atoms with Crippen molar-refractivity contribution < 1.29 is 14.7 Å². The molecular formula is C37H29NO3. The van der Waals surface area contributed by atoms with Gasteiger partial charge in [0.15, 0.2) is 0 Å². The van der Waals surface area contributed by atoms with Crippen LogP contribution in [0.5, 0.6) is 0 Å². The van der Waals surface area contributed by atoms with Gasteiger partial charge in [-0.05, 0) is 49.9 Å². The summed E-state index contributed by atoms with van der Waals surface area (Å²) in [4.78, 5) is 27.6. The van der Waals surface area contributed by atoms with Crippen LogP contribution >= 0.6 is 0 Å². The van der Waals surface area contributed by atoms with Gasteiger partial charge in [0.1, 0.15) is 11.5 Å². The molecule has 0 radical (unpaired) electrons. The van der Waals surface area contributed by atoms with E-state index in [0.29, 0.717) is 0 Å². The second-order valence-corrected chi connectivity index (χ2v) is 10.2. The fraction of sp³-hybridized carbons (Fsp3) is 0.0811. The lowest BCUT2D eigenvalue weighted by Crippen LogP contribution is -2.52. The Morgan fingerprint density at radius 1 is 0.585 bits per heavy atom. The number of carboxylic acids is 1. The maximum Gasteiger partial charge on any atom is 0.326 e. The first-order chi connectivity index (χ1) is 20.1. The molecule has 0 aliphatic carbocycles. The Labute approximate surface area is 238 Å². The van der Waals surface area contributed by atoms with Crippen LogP contribution in [0, 0.1) is 0 Å². The summed E-state index contributed by atoms with van der Waals surface area (Å²) in [6.45, 7) is 0. The number of fused-ring (bicyclic) bond motifs is 2. The SMILES string of the molecule is O=C(O)[C@H](Cc1c2ccccc2cc2ccccc12)NC(=O)C(c1ccccc1)(c1ccccc1)c1ccccc1. The number of amides is 1. The van der Waals surface area contributed by atoms with E-state index in [0.717, 1.165) is 43.8 Å². The fourth-order valence-electron chi connectivity index (χ4n) is 5.96. The van der Waals surface area contributed by atoms with Gasteiger partial charge in [-0.1, -0.05) is 140 Å². The number of carbonyl (C=O) groups excluding carboxylic acids is 1. The van der Waals surface area contributed by atoms with E-state index in [1.165, 1.54) is 0 Å². The highest BCUT2D eigenvalue weighted by Gasteiger charge is 2.45. The number of benzene rings is 6. The van der Waals surface area contributed by atoms with Crippen molar-refractivity contribution in [2.24, 2.45) is 0 Å². The van der Waals surface area contributed by atoms with Crippen LogP contribution in [0.25, 0.3) is 21.5 Å². The Kier molecular flexibility index (Phi) is 7.05. The predicted octanol–water partition coefficient (Wildman–Crippen LogP) is 7.14. The van der Waals surface area contributed by atoms with Crippen molar-refractivity contribution >= 4 is 33.4 Å². The van der Waals surface area contributed by atoms with Gasteiger partial charge in [0.2, 0.25) is 5.91 Å². The molecule has 0 aliphatic rings. The summed E-state index contributed by atoms with van der Waals surface area (Å²) >= 11 is 0. The molecule has 0 aliphatic heterocycles. The molecule has 0 spiro atoms. The highest BCUT2D eigenvalue weighted by molar-refractivity contribution is 6.03. The third-order valence-electron chi connectivity index (χ3n) is 7.86. The first-order valence-corrected chi connectivity index (χ1v) is 13.7. The average Bonchev–Trinajstić information content (AvgIpc) is 3.02. The molecule has 4 nitrogen and oxygen atoms in total. The van der Waals surface area contributed by atoms with E-state index >= 15 is 0 Å². The Bertz CT molecular complexity index is 1680. The monoisotopic (exact) mass is 535 g/mol. The minimum Gasteiger partial charge on any atom is -0.480 e. The molecule has 2 N–H and O–H groups in total. The first-order valence-electron chi connectivity index (χ1n) is 13.7. The largest absolute Gasteiger partial charge is 0.480 e. The summed E-state index contributed by atoms with van der Waals surface area (Å²) in [6, 6.07) is 45.6. The number of rotatable bonds is 8. The number of hydrogen-bond donors (Lipinski definition) is 2. The lowest BCUT2D eigenvalue weighted by Gasteiger charge is -2.35. The molecule has 41 heavy (non-hydrogen) atoms. The highest BCUT2D eigenvalue weighted by Crippen LogP contribution is 2.40. The van der Waals surface area contributed by atoms with E-state index in [-0.39, 0.29) is 6.42 Å². The topological polar surface area (TPSA) is 66.4 Å². The molecule has 0 bridgehead atoms. The third-order valence-corrected chi connectivity index (χ3v) is 7.86. The van der Waals surface area contributed by atoms with Crippen LogP contribution in [0.4, 0.5) is 0 Å². The van der Waals surface area contributed by atoms with Crippen LogP contribution in [0.1, 0.15) is 22.3 Å². The maximum atomic E-state index is 14.7. The summed E-state index contributed by atoms with van der Waals surface area (Å²) < 4.78 is 0. The molecule has 0 heterocycles. The van der Waals surface area contributed by atoms with Crippen LogP contribution < -0.4 is 5.32 Å². The third kappa shape index (κ3) is 4.74. The van der Waals surface area contributed by atoms with Crippen LogP contribution in [0.15, 0.2) is 146 Å².